The molecule has 1 fully saturated rings. The molecule has 0 bridgehead atoms. The first-order valence-electron chi connectivity index (χ1n) is 17.3. The number of aromatic nitrogens is 1. The van der Waals surface area contributed by atoms with Gasteiger partial charge in [0.25, 0.3) is 0 Å². The monoisotopic (exact) mass is 691 g/mol. The maximum absolute atomic E-state index is 13.0. The lowest BCUT2D eigenvalue weighted by atomic mass is 9.81. The summed E-state index contributed by atoms with van der Waals surface area (Å²) in [5, 5.41) is 19.7. The summed E-state index contributed by atoms with van der Waals surface area (Å²) in [4.78, 5) is 35.0. The maximum atomic E-state index is 13.0. The van der Waals surface area contributed by atoms with Crippen LogP contribution in [0.2, 0.25) is 5.02 Å². The Labute approximate surface area is 297 Å². The summed E-state index contributed by atoms with van der Waals surface area (Å²) in [5.74, 6) is -1.41. The van der Waals surface area contributed by atoms with Gasteiger partial charge in [0, 0.05) is 54.6 Å². The number of anilines is 1. The molecular weight excluding hydrogens is 638 g/mol. The predicted octanol–water partition coefficient (Wildman–Crippen LogP) is 8.17. The van der Waals surface area contributed by atoms with E-state index in [0.29, 0.717) is 11.3 Å². The normalized spacial score (nSPS) is 16.1. The smallest absolute Gasteiger partial charge is 0.355 e. The number of esters is 1. The summed E-state index contributed by atoms with van der Waals surface area (Å²) < 4.78 is 5.54. The molecule has 8 nitrogen and oxygen atoms in total. The van der Waals surface area contributed by atoms with Crippen molar-refractivity contribution in [1.82, 2.24) is 9.88 Å². The highest BCUT2D eigenvalue weighted by molar-refractivity contribution is 6.31. The lowest BCUT2D eigenvalue weighted by molar-refractivity contribution is -0.146. The number of carboxylic acid groups (broad SMARTS) is 1. The number of nitrogens with zero attached hydrogens (tertiary/aromatic N) is 3. The first kappa shape index (κ1) is 38.3. The fourth-order valence-corrected chi connectivity index (χ4v) is 6.77. The third-order valence-corrected chi connectivity index (χ3v) is 9.47. The molecule has 5 rings (SSSR count). The van der Waals surface area contributed by atoms with Crippen LogP contribution in [0.1, 0.15) is 105 Å². The number of carbonyl (C=O) groups is 2. The molecule has 0 radical (unpaired) electrons. The van der Waals surface area contributed by atoms with Crippen molar-refractivity contribution in [1.29, 1.82) is 0 Å². The number of hydrogen-bond donors (Lipinski definition) is 2. The third kappa shape index (κ3) is 10.3. The minimum absolute atomic E-state index is 0.0230. The lowest BCUT2D eigenvalue weighted by Crippen LogP contribution is -2.38. The second-order valence-corrected chi connectivity index (χ2v) is 16.0. The van der Waals surface area contributed by atoms with Crippen molar-refractivity contribution >= 4 is 29.2 Å². The summed E-state index contributed by atoms with van der Waals surface area (Å²) in [6.07, 6.45) is 2.58. The first-order chi connectivity index (χ1) is 22.8. The topological polar surface area (TPSA) is 103 Å². The highest BCUT2D eigenvalue weighted by Crippen LogP contribution is 2.42. The largest absolute Gasteiger partial charge is 0.476 e. The highest BCUT2D eigenvalue weighted by atomic mass is 35.5. The quantitative estimate of drug-likeness (QED) is 0.228. The van der Waals surface area contributed by atoms with E-state index in [2.05, 4.69) is 53.8 Å². The predicted molar refractivity (Wildman–Crippen MR) is 198 cm³/mol. The summed E-state index contributed by atoms with van der Waals surface area (Å²) in [5.41, 5.74) is 8.01. The lowest BCUT2D eigenvalue weighted by Gasteiger charge is -2.40. The number of halogens is 1. The van der Waals surface area contributed by atoms with Crippen LogP contribution in [-0.4, -0.2) is 63.4 Å². The van der Waals surface area contributed by atoms with Gasteiger partial charge in [0.2, 0.25) is 0 Å². The van der Waals surface area contributed by atoms with Crippen molar-refractivity contribution in [2.75, 3.05) is 24.5 Å². The van der Waals surface area contributed by atoms with E-state index in [0.717, 1.165) is 79.4 Å². The Morgan fingerprint density at radius 2 is 1.67 bits per heavy atom. The molecular formula is C40H54ClN3O5. The van der Waals surface area contributed by atoms with E-state index in [1.807, 2.05) is 32.0 Å². The number of carboxylic acids is 1. The zero-order valence-corrected chi connectivity index (χ0v) is 31.5. The molecule has 9 heteroatoms. The van der Waals surface area contributed by atoms with Crippen molar-refractivity contribution in [2.24, 2.45) is 5.41 Å². The van der Waals surface area contributed by atoms with Gasteiger partial charge in [-0.05, 0) is 107 Å². The minimum atomic E-state index is -1.07. The Hall–Kier alpha value is -3.46. The van der Waals surface area contributed by atoms with Crippen molar-refractivity contribution in [3.8, 4) is 11.1 Å². The van der Waals surface area contributed by atoms with Gasteiger partial charge in [0.1, 0.15) is 0 Å². The molecule has 1 aromatic heterocycles. The Bertz CT molecular complexity index is 1640. The maximum Gasteiger partial charge on any atom is 0.355 e. The molecule has 0 amide bonds. The highest BCUT2D eigenvalue weighted by Gasteiger charge is 2.33. The number of hydrogen-bond acceptors (Lipinski definition) is 7. The Kier molecular flexibility index (Phi) is 12.2. The van der Waals surface area contributed by atoms with Crippen LogP contribution in [0.3, 0.4) is 0 Å². The number of benzene rings is 2. The zero-order valence-electron chi connectivity index (χ0n) is 30.7. The van der Waals surface area contributed by atoms with Crippen LogP contribution in [0.25, 0.3) is 11.1 Å². The number of aryl methyl sites for hydroxylation is 2. The van der Waals surface area contributed by atoms with E-state index in [1.54, 1.807) is 27.7 Å². The van der Waals surface area contributed by atoms with Gasteiger partial charge < -0.3 is 19.8 Å². The van der Waals surface area contributed by atoms with Gasteiger partial charge in [-0.3, -0.25) is 9.69 Å². The fraction of sp³-hybridized carbons (Fsp3) is 0.525. The van der Waals surface area contributed by atoms with E-state index in [4.69, 9.17) is 21.4 Å². The molecule has 3 aromatic rings. The van der Waals surface area contributed by atoms with Gasteiger partial charge in [-0.1, -0.05) is 55.8 Å². The number of carbonyl (C=O) groups excluding carboxylic acids is 1. The second kappa shape index (κ2) is 15.6. The zero-order chi connectivity index (χ0) is 36.3. The summed E-state index contributed by atoms with van der Waals surface area (Å²) in [6, 6.07) is 12.3. The summed E-state index contributed by atoms with van der Waals surface area (Å²) in [6.45, 7) is 21.3. The van der Waals surface area contributed by atoms with Gasteiger partial charge in [0.15, 0.2) is 5.69 Å². The van der Waals surface area contributed by atoms with E-state index >= 15 is 0 Å². The number of fused-ring (bicyclic) bond motifs is 1. The number of ether oxygens (including phenoxy) is 1. The minimum Gasteiger partial charge on any atom is -0.476 e. The summed E-state index contributed by atoms with van der Waals surface area (Å²) >= 11 is 6.54. The number of rotatable bonds is 8. The number of aliphatic hydroxyl groups is 1. The van der Waals surface area contributed by atoms with E-state index in [1.165, 1.54) is 16.7 Å². The molecule has 2 N–H and O–H groups in total. The number of aromatic carboxylic acids is 1. The van der Waals surface area contributed by atoms with Crippen LogP contribution in [0.5, 0.6) is 0 Å². The molecule has 0 unspecified atom stereocenters. The Morgan fingerprint density at radius 1 is 1.02 bits per heavy atom. The van der Waals surface area contributed by atoms with E-state index in [9.17, 15) is 14.7 Å². The third-order valence-electron chi connectivity index (χ3n) is 9.12. The van der Waals surface area contributed by atoms with Crippen molar-refractivity contribution in [2.45, 2.75) is 113 Å². The molecule has 0 atom stereocenters. The van der Waals surface area contributed by atoms with Crippen LogP contribution >= 0.6 is 11.6 Å². The second-order valence-electron chi connectivity index (χ2n) is 15.6. The Balaban J connectivity index is 0.00000101. The fourth-order valence-electron chi connectivity index (χ4n) is 6.49. The molecule has 266 valence electrons. The average Bonchev–Trinajstić information content (AvgIpc) is 2.98. The number of pyridine rings is 1. The van der Waals surface area contributed by atoms with Gasteiger partial charge in [-0.25, -0.2) is 9.78 Å². The first-order valence-corrected chi connectivity index (χ1v) is 17.7. The van der Waals surface area contributed by atoms with E-state index in [-0.39, 0.29) is 29.6 Å². The molecule has 49 heavy (non-hydrogen) atoms. The van der Waals surface area contributed by atoms with Crippen molar-refractivity contribution in [3.05, 3.63) is 80.6 Å². The summed E-state index contributed by atoms with van der Waals surface area (Å²) in [7, 11) is 0. The van der Waals surface area contributed by atoms with Crippen molar-refractivity contribution in [3.63, 3.8) is 0 Å². The van der Waals surface area contributed by atoms with Crippen molar-refractivity contribution < 1.29 is 24.5 Å². The van der Waals surface area contributed by atoms with Gasteiger partial charge in [-0.2, -0.15) is 0 Å². The Morgan fingerprint density at radius 3 is 2.27 bits per heavy atom. The van der Waals surface area contributed by atoms with Gasteiger partial charge in [-0.15, -0.1) is 0 Å². The van der Waals surface area contributed by atoms with E-state index < -0.39 is 11.6 Å². The standard InChI is InChI=1S/C36H44ClN3O4.C4H10O/c1-22(2)44-31(41)19-28-24(4)38-33(35(42)43)32(34(28)40-16-13-36(5,6)14-17-40)26-10-11-27-20-39(15-12-25(27)18-26)21-29-23(3)8-7-9-30(29)37;1-4(2,3)5/h7-11,18,22H,12-17,19-21H2,1-6H3,(H,42,43);5H,1-3H3. The van der Waals surface area contributed by atoms with Gasteiger partial charge >= 0.3 is 11.9 Å². The SMILES string of the molecule is CC(C)(C)O.Cc1cccc(Cl)c1CN1CCc2cc(-c3c(C(=O)O)nc(C)c(CC(=O)OC(C)C)c3N3CCC(C)(C)CC3)ccc2C1. The molecule has 3 heterocycles. The average molecular weight is 692 g/mol. The molecule has 1 saturated heterocycles. The number of piperidine rings is 1. The van der Waals surface area contributed by atoms with Gasteiger partial charge in [0.05, 0.1) is 23.8 Å². The molecule has 2 aliphatic heterocycles. The molecule has 2 aliphatic rings. The van der Waals surface area contributed by atoms with Crippen LogP contribution in [0.4, 0.5) is 5.69 Å². The van der Waals surface area contributed by atoms with Crippen LogP contribution in [0.15, 0.2) is 36.4 Å². The molecule has 0 spiro atoms. The molecule has 2 aromatic carbocycles. The van der Waals surface area contributed by atoms with Crippen LogP contribution in [-0.2, 0) is 35.5 Å². The molecule has 0 saturated carbocycles. The van der Waals surface area contributed by atoms with Crippen LogP contribution in [0, 0.1) is 19.3 Å². The molecule has 0 aliphatic carbocycles. The van der Waals surface area contributed by atoms with Crippen LogP contribution < -0.4 is 4.90 Å².